The molecule has 20 heavy (non-hydrogen) atoms. The first-order chi connectivity index (χ1) is 9.41. The number of aryl methyl sites for hydroxylation is 2. The molecule has 0 amide bonds. The largest absolute Gasteiger partial charge is 0.481 e. The van der Waals surface area contributed by atoms with Crippen LogP contribution in [0.1, 0.15) is 31.9 Å². The highest BCUT2D eigenvalue weighted by Crippen LogP contribution is 2.42. The van der Waals surface area contributed by atoms with Gasteiger partial charge in [0.15, 0.2) is 0 Å². The van der Waals surface area contributed by atoms with Crippen LogP contribution >= 0.6 is 0 Å². The molecule has 0 aliphatic heterocycles. The number of hydrogen-bond acceptors (Lipinski definition) is 5. The first-order valence-corrected chi connectivity index (χ1v) is 6.59. The first-order valence-electron chi connectivity index (χ1n) is 6.59. The number of nitrogens with one attached hydrogen (secondary N) is 1. The molecule has 1 aliphatic carbocycles. The third kappa shape index (κ3) is 2.21. The van der Waals surface area contributed by atoms with Gasteiger partial charge in [-0.15, -0.1) is 0 Å². The average Bonchev–Trinajstić information content (AvgIpc) is 2.64. The Balaban J connectivity index is 2.23. The molecule has 0 aromatic carbocycles. The number of nitrogens with zero attached hydrogens (tertiary/aromatic N) is 3. The maximum Gasteiger partial charge on any atom is 0.333 e. The van der Waals surface area contributed by atoms with Crippen LogP contribution in [0.25, 0.3) is 0 Å². The van der Waals surface area contributed by atoms with Gasteiger partial charge in [-0.2, -0.15) is 5.10 Å². The van der Waals surface area contributed by atoms with Crippen LogP contribution in [-0.2, 0) is 18.3 Å². The van der Waals surface area contributed by atoms with E-state index >= 15 is 0 Å². The Bertz CT molecular complexity index is 548. The zero-order valence-corrected chi connectivity index (χ0v) is 11.5. The molecule has 2 N–H and O–H groups in total. The first kappa shape index (κ1) is 14.3. The van der Waals surface area contributed by atoms with Gasteiger partial charge in [-0.3, -0.25) is 14.9 Å². The maximum atomic E-state index is 11.3. The summed E-state index contributed by atoms with van der Waals surface area (Å²) in [7, 11) is 1.61. The van der Waals surface area contributed by atoms with Crippen LogP contribution < -0.4 is 5.32 Å². The van der Waals surface area contributed by atoms with Crippen molar-refractivity contribution in [2.75, 3.05) is 11.9 Å². The summed E-state index contributed by atoms with van der Waals surface area (Å²) in [5, 5.41) is 27.4. The molecule has 8 nitrogen and oxygen atoms in total. The van der Waals surface area contributed by atoms with E-state index in [1.54, 1.807) is 14.0 Å². The van der Waals surface area contributed by atoms with Crippen molar-refractivity contribution in [3.8, 4) is 0 Å². The molecular weight excluding hydrogens is 264 g/mol. The second-order valence-corrected chi connectivity index (χ2v) is 5.17. The Hall–Kier alpha value is -2.12. The fraction of sp³-hybridized carbons (Fsp3) is 0.667. The number of nitro groups is 1. The van der Waals surface area contributed by atoms with Crippen molar-refractivity contribution in [1.82, 2.24) is 9.78 Å². The lowest BCUT2D eigenvalue weighted by molar-refractivity contribution is -0.384. The lowest BCUT2D eigenvalue weighted by Gasteiger charge is -2.37. The van der Waals surface area contributed by atoms with E-state index in [-0.39, 0.29) is 18.1 Å². The van der Waals surface area contributed by atoms with Gasteiger partial charge in [0.2, 0.25) is 5.82 Å². The summed E-state index contributed by atoms with van der Waals surface area (Å²) < 4.78 is 1.41. The van der Waals surface area contributed by atoms with Crippen molar-refractivity contribution >= 4 is 17.5 Å². The number of carboxylic acids is 1. The molecule has 110 valence electrons. The Morgan fingerprint density at radius 2 is 2.25 bits per heavy atom. The summed E-state index contributed by atoms with van der Waals surface area (Å²) in [5.74, 6) is -0.573. The van der Waals surface area contributed by atoms with Gasteiger partial charge in [0.25, 0.3) is 0 Å². The quantitative estimate of drug-likeness (QED) is 0.605. The van der Waals surface area contributed by atoms with Gasteiger partial charge in [-0.1, -0.05) is 13.3 Å². The SMILES string of the molecule is CCc1nn(C)c(NCC2(C(=O)O)CCC2)c1[N+](=O)[O-]. The number of aliphatic carboxylic acids is 1. The van der Waals surface area contributed by atoms with Gasteiger partial charge in [0, 0.05) is 13.6 Å². The van der Waals surface area contributed by atoms with Crippen molar-refractivity contribution in [2.45, 2.75) is 32.6 Å². The van der Waals surface area contributed by atoms with E-state index in [1.807, 2.05) is 0 Å². The van der Waals surface area contributed by atoms with Crippen molar-refractivity contribution in [2.24, 2.45) is 12.5 Å². The van der Waals surface area contributed by atoms with E-state index in [0.717, 1.165) is 6.42 Å². The van der Waals surface area contributed by atoms with Crippen molar-refractivity contribution in [3.05, 3.63) is 15.8 Å². The molecule has 0 atom stereocenters. The molecule has 2 rings (SSSR count). The topological polar surface area (TPSA) is 110 Å². The number of hydrogen-bond donors (Lipinski definition) is 2. The minimum absolute atomic E-state index is 0.0603. The smallest absolute Gasteiger partial charge is 0.333 e. The third-order valence-corrected chi connectivity index (χ3v) is 3.97. The molecule has 0 saturated heterocycles. The standard InChI is InChI=1S/C12H18N4O4/c1-3-8-9(16(19)20)10(15(2)14-8)13-7-12(11(17)18)5-4-6-12/h13H,3-7H2,1-2H3,(H,17,18). The molecule has 0 radical (unpaired) electrons. The predicted molar refractivity (Wildman–Crippen MR) is 71.6 cm³/mol. The Morgan fingerprint density at radius 1 is 1.60 bits per heavy atom. The molecule has 1 saturated carbocycles. The third-order valence-electron chi connectivity index (χ3n) is 3.97. The van der Waals surface area contributed by atoms with Gasteiger partial charge in [0.05, 0.1) is 10.3 Å². The highest BCUT2D eigenvalue weighted by Gasteiger charge is 2.44. The molecular formula is C12H18N4O4. The normalized spacial score (nSPS) is 16.5. The van der Waals surface area contributed by atoms with Gasteiger partial charge in [-0.25, -0.2) is 4.68 Å². The maximum absolute atomic E-state index is 11.3. The molecule has 0 unspecified atom stereocenters. The van der Waals surface area contributed by atoms with Crippen LogP contribution in [0.3, 0.4) is 0 Å². The number of aromatic nitrogens is 2. The van der Waals surface area contributed by atoms with E-state index in [2.05, 4.69) is 10.4 Å². The second-order valence-electron chi connectivity index (χ2n) is 5.17. The van der Waals surface area contributed by atoms with Crippen LogP contribution in [0.15, 0.2) is 0 Å². The lowest BCUT2D eigenvalue weighted by atomic mass is 9.69. The van der Waals surface area contributed by atoms with Crippen LogP contribution in [0.2, 0.25) is 0 Å². The number of carbonyl (C=O) groups is 1. The van der Waals surface area contributed by atoms with Crippen molar-refractivity contribution in [1.29, 1.82) is 0 Å². The fourth-order valence-corrected chi connectivity index (χ4v) is 2.52. The predicted octanol–water partition coefficient (Wildman–Crippen LogP) is 1.56. The fourth-order valence-electron chi connectivity index (χ4n) is 2.52. The molecule has 1 fully saturated rings. The highest BCUT2D eigenvalue weighted by molar-refractivity contribution is 5.77. The summed E-state index contributed by atoms with van der Waals surface area (Å²) in [6.07, 6.45) is 2.53. The van der Waals surface area contributed by atoms with E-state index < -0.39 is 16.3 Å². The molecule has 0 spiro atoms. The van der Waals surface area contributed by atoms with E-state index in [1.165, 1.54) is 4.68 Å². The van der Waals surface area contributed by atoms with Crippen molar-refractivity contribution < 1.29 is 14.8 Å². The molecule has 1 aromatic rings. The Labute approximate surface area is 115 Å². The van der Waals surface area contributed by atoms with Gasteiger partial charge < -0.3 is 10.4 Å². The zero-order valence-electron chi connectivity index (χ0n) is 11.5. The minimum atomic E-state index is -0.850. The highest BCUT2D eigenvalue weighted by atomic mass is 16.6. The van der Waals surface area contributed by atoms with E-state index in [9.17, 15) is 20.0 Å². The summed E-state index contributed by atoms with van der Waals surface area (Å²) in [5.41, 5.74) is -0.460. The van der Waals surface area contributed by atoms with Gasteiger partial charge in [-0.05, 0) is 19.3 Å². The number of rotatable bonds is 6. The van der Waals surface area contributed by atoms with E-state index in [0.29, 0.717) is 25.0 Å². The lowest BCUT2D eigenvalue weighted by Crippen LogP contribution is -2.43. The second kappa shape index (κ2) is 5.10. The summed E-state index contributed by atoms with van der Waals surface area (Å²) in [6, 6.07) is 0. The average molecular weight is 282 g/mol. The monoisotopic (exact) mass is 282 g/mol. The van der Waals surface area contributed by atoms with Crippen LogP contribution in [-0.4, -0.2) is 32.3 Å². The zero-order chi connectivity index (χ0) is 14.9. The van der Waals surface area contributed by atoms with Crippen LogP contribution in [0, 0.1) is 15.5 Å². The summed E-state index contributed by atoms with van der Waals surface area (Å²) >= 11 is 0. The van der Waals surface area contributed by atoms with Gasteiger partial charge in [0.1, 0.15) is 5.69 Å². The minimum Gasteiger partial charge on any atom is -0.481 e. The molecule has 8 heteroatoms. The van der Waals surface area contributed by atoms with Crippen LogP contribution in [0.5, 0.6) is 0 Å². The molecule has 1 heterocycles. The Morgan fingerprint density at radius 3 is 2.65 bits per heavy atom. The van der Waals surface area contributed by atoms with Crippen molar-refractivity contribution in [3.63, 3.8) is 0 Å². The van der Waals surface area contributed by atoms with E-state index in [4.69, 9.17) is 0 Å². The van der Waals surface area contributed by atoms with Gasteiger partial charge >= 0.3 is 11.7 Å². The summed E-state index contributed by atoms with van der Waals surface area (Å²) in [4.78, 5) is 22.0. The molecule has 1 aromatic heterocycles. The molecule has 1 aliphatic rings. The number of anilines is 1. The number of carboxylic acid groups (broad SMARTS) is 1. The Kier molecular flexibility index (Phi) is 3.65. The molecule has 0 bridgehead atoms. The summed E-state index contributed by atoms with van der Waals surface area (Å²) in [6.45, 7) is 1.98. The van der Waals surface area contributed by atoms with Crippen LogP contribution in [0.4, 0.5) is 11.5 Å².